The molecule has 27 heavy (non-hydrogen) atoms. The fraction of sp³-hybridized carbons (Fsp3) is 0.500. The van der Waals surface area contributed by atoms with Gasteiger partial charge in [0.05, 0.1) is 13.2 Å². The highest BCUT2D eigenvalue weighted by Gasteiger charge is 2.32. The van der Waals surface area contributed by atoms with Gasteiger partial charge in [0.25, 0.3) is 5.91 Å². The lowest BCUT2D eigenvalue weighted by Gasteiger charge is -2.34. The molecule has 1 aromatic rings. The topological polar surface area (TPSA) is 84.9 Å². The summed E-state index contributed by atoms with van der Waals surface area (Å²) in [6.45, 7) is 5.61. The third kappa shape index (κ3) is 4.55. The Hall–Kier alpha value is -1.81. The van der Waals surface area contributed by atoms with Crippen LogP contribution in [0, 0.1) is 11.7 Å². The molecule has 0 aliphatic carbocycles. The number of hydrogen-bond donors (Lipinski definition) is 1. The molecule has 9 heteroatoms. The number of halogens is 1. The molecular weight excluding hydrogens is 375 g/mol. The molecule has 2 saturated heterocycles. The van der Waals surface area contributed by atoms with E-state index in [0.29, 0.717) is 26.3 Å². The molecule has 1 N–H and O–H groups in total. The standard InChI is InChI=1S/C18H23FN2O5S/c1-2-7-20-27(23,24)16-12-14(3-4-15(16)19)17(22)21-8-5-13(6-9-21)18-25-10-11-26-18/h2-4,12-13,18,20H,1,5-11H2. The van der Waals surface area contributed by atoms with Gasteiger partial charge in [-0.25, -0.2) is 17.5 Å². The average molecular weight is 398 g/mol. The maximum Gasteiger partial charge on any atom is 0.253 e. The summed E-state index contributed by atoms with van der Waals surface area (Å²) in [6, 6.07) is 3.39. The number of hydrogen-bond acceptors (Lipinski definition) is 5. The molecule has 1 amide bonds. The Morgan fingerprint density at radius 2 is 1.96 bits per heavy atom. The molecule has 0 radical (unpaired) electrons. The van der Waals surface area contributed by atoms with Gasteiger partial charge in [-0.3, -0.25) is 4.79 Å². The molecule has 0 saturated carbocycles. The summed E-state index contributed by atoms with van der Waals surface area (Å²) in [4.78, 5) is 13.8. The van der Waals surface area contributed by atoms with Crippen LogP contribution in [0.1, 0.15) is 23.2 Å². The number of piperidine rings is 1. The third-order valence-corrected chi connectivity index (χ3v) is 6.18. The maximum atomic E-state index is 14.0. The van der Waals surface area contributed by atoms with E-state index < -0.39 is 20.7 Å². The fourth-order valence-electron chi connectivity index (χ4n) is 3.29. The van der Waals surface area contributed by atoms with Gasteiger partial charge in [-0.05, 0) is 31.0 Å². The van der Waals surface area contributed by atoms with Crippen molar-refractivity contribution in [1.29, 1.82) is 0 Å². The molecule has 0 bridgehead atoms. The molecule has 0 spiro atoms. The van der Waals surface area contributed by atoms with E-state index in [2.05, 4.69) is 11.3 Å². The van der Waals surface area contributed by atoms with Gasteiger partial charge in [-0.2, -0.15) is 0 Å². The van der Waals surface area contributed by atoms with Gasteiger partial charge in [-0.1, -0.05) is 6.08 Å². The van der Waals surface area contributed by atoms with Gasteiger partial charge in [0.2, 0.25) is 10.0 Å². The summed E-state index contributed by atoms with van der Waals surface area (Å²) in [5.74, 6) is -0.983. The van der Waals surface area contributed by atoms with E-state index in [1.165, 1.54) is 12.1 Å². The van der Waals surface area contributed by atoms with Crippen LogP contribution >= 0.6 is 0 Å². The molecule has 7 nitrogen and oxygen atoms in total. The zero-order chi connectivity index (χ0) is 19.4. The minimum absolute atomic E-state index is 0.0290. The van der Waals surface area contributed by atoms with Crippen LogP contribution in [0.2, 0.25) is 0 Å². The number of likely N-dealkylation sites (tertiary alicyclic amines) is 1. The Balaban J connectivity index is 1.70. The molecule has 0 aromatic heterocycles. The van der Waals surface area contributed by atoms with Crippen molar-refractivity contribution in [2.75, 3.05) is 32.8 Å². The second kappa shape index (κ2) is 8.47. The summed E-state index contributed by atoms with van der Waals surface area (Å²) in [7, 11) is -4.06. The van der Waals surface area contributed by atoms with E-state index in [-0.39, 0.29) is 30.2 Å². The van der Waals surface area contributed by atoms with Gasteiger partial charge in [0.1, 0.15) is 10.7 Å². The smallest absolute Gasteiger partial charge is 0.253 e. The molecule has 2 fully saturated rings. The van der Waals surface area contributed by atoms with Gasteiger partial charge in [0, 0.05) is 31.1 Å². The fourth-order valence-corrected chi connectivity index (χ4v) is 4.39. The minimum atomic E-state index is -4.06. The molecule has 2 aliphatic heterocycles. The third-order valence-electron chi connectivity index (χ3n) is 4.74. The van der Waals surface area contributed by atoms with Gasteiger partial charge in [0.15, 0.2) is 6.29 Å². The molecule has 2 aliphatic rings. The average Bonchev–Trinajstić information content (AvgIpc) is 3.21. The molecule has 0 atom stereocenters. The number of carbonyl (C=O) groups excluding carboxylic acids is 1. The zero-order valence-electron chi connectivity index (χ0n) is 14.9. The zero-order valence-corrected chi connectivity index (χ0v) is 15.7. The lowest BCUT2D eigenvalue weighted by Crippen LogP contribution is -2.41. The van der Waals surface area contributed by atoms with Crippen molar-refractivity contribution in [3.63, 3.8) is 0 Å². The number of amides is 1. The molecule has 1 aromatic carbocycles. The highest BCUT2D eigenvalue weighted by atomic mass is 32.2. The van der Waals surface area contributed by atoms with Crippen molar-refractivity contribution >= 4 is 15.9 Å². The van der Waals surface area contributed by atoms with Crippen LogP contribution in [0.3, 0.4) is 0 Å². The maximum absolute atomic E-state index is 14.0. The number of benzene rings is 1. The van der Waals surface area contributed by atoms with E-state index in [1.807, 2.05) is 0 Å². The lowest BCUT2D eigenvalue weighted by molar-refractivity contribution is -0.0956. The number of rotatable bonds is 6. The minimum Gasteiger partial charge on any atom is -0.350 e. The van der Waals surface area contributed by atoms with Crippen LogP contribution in [0.25, 0.3) is 0 Å². The second-order valence-corrected chi connectivity index (χ2v) is 8.26. The largest absolute Gasteiger partial charge is 0.350 e. The quantitative estimate of drug-likeness (QED) is 0.735. The van der Waals surface area contributed by atoms with Crippen molar-refractivity contribution in [3.05, 3.63) is 42.2 Å². The number of nitrogens with zero attached hydrogens (tertiary/aromatic N) is 1. The Morgan fingerprint density at radius 3 is 2.59 bits per heavy atom. The van der Waals surface area contributed by atoms with E-state index in [1.54, 1.807) is 4.90 Å². The Labute approximate surface area is 158 Å². The van der Waals surface area contributed by atoms with Gasteiger partial charge in [-0.15, -0.1) is 6.58 Å². The van der Waals surface area contributed by atoms with E-state index in [4.69, 9.17) is 9.47 Å². The summed E-state index contributed by atoms with van der Waals surface area (Å²) in [5, 5.41) is 0. The first-order valence-electron chi connectivity index (χ1n) is 8.85. The van der Waals surface area contributed by atoms with Crippen LogP contribution in [-0.4, -0.2) is 58.4 Å². The number of sulfonamides is 1. The predicted octanol–water partition coefficient (Wildman–Crippen LogP) is 1.52. The number of ether oxygens (including phenoxy) is 2. The van der Waals surface area contributed by atoms with E-state index >= 15 is 0 Å². The second-order valence-electron chi connectivity index (χ2n) is 6.53. The first-order valence-corrected chi connectivity index (χ1v) is 10.3. The first kappa shape index (κ1) is 19.9. The van der Waals surface area contributed by atoms with Crippen molar-refractivity contribution in [2.45, 2.75) is 24.0 Å². The summed E-state index contributed by atoms with van der Waals surface area (Å²) < 4.78 is 51.7. The predicted molar refractivity (Wildman–Crippen MR) is 96.1 cm³/mol. The first-order chi connectivity index (χ1) is 12.9. The van der Waals surface area contributed by atoms with Crippen LogP contribution in [0.15, 0.2) is 35.7 Å². The number of nitrogens with one attached hydrogen (secondary N) is 1. The van der Waals surface area contributed by atoms with Crippen molar-refractivity contribution in [2.24, 2.45) is 5.92 Å². The van der Waals surface area contributed by atoms with Crippen molar-refractivity contribution in [3.8, 4) is 0 Å². The number of carbonyl (C=O) groups is 1. The highest BCUT2D eigenvalue weighted by Crippen LogP contribution is 2.27. The molecular formula is C18H23FN2O5S. The molecule has 3 rings (SSSR count). The monoisotopic (exact) mass is 398 g/mol. The SMILES string of the molecule is C=CCNS(=O)(=O)c1cc(C(=O)N2CCC(C3OCCO3)CC2)ccc1F. The van der Waals surface area contributed by atoms with Crippen LogP contribution < -0.4 is 4.72 Å². The molecule has 148 valence electrons. The molecule has 0 unspecified atom stereocenters. The lowest BCUT2D eigenvalue weighted by atomic mass is 9.95. The Kier molecular flexibility index (Phi) is 6.25. The summed E-state index contributed by atoms with van der Waals surface area (Å²) in [6.07, 6.45) is 2.63. The Bertz CT molecular complexity index is 800. The van der Waals surface area contributed by atoms with Gasteiger partial charge < -0.3 is 14.4 Å². The van der Waals surface area contributed by atoms with Gasteiger partial charge >= 0.3 is 0 Å². The molecule has 2 heterocycles. The van der Waals surface area contributed by atoms with E-state index in [0.717, 1.165) is 25.0 Å². The summed E-state index contributed by atoms with van der Waals surface area (Å²) in [5.41, 5.74) is 0.141. The Morgan fingerprint density at radius 1 is 1.30 bits per heavy atom. The van der Waals surface area contributed by atoms with Crippen LogP contribution in [-0.2, 0) is 19.5 Å². The van der Waals surface area contributed by atoms with Crippen molar-refractivity contribution < 1.29 is 27.1 Å². The van der Waals surface area contributed by atoms with Crippen LogP contribution in [0.4, 0.5) is 4.39 Å². The van der Waals surface area contributed by atoms with Crippen molar-refractivity contribution in [1.82, 2.24) is 9.62 Å². The normalized spacial score (nSPS) is 19.4. The van der Waals surface area contributed by atoms with Crippen LogP contribution in [0.5, 0.6) is 0 Å². The van der Waals surface area contributed by atoms with E-state index in [9.17, 15) is 17.6 Å². The summed E-state index contributed by atoms with van der Waals surface area (Å²) >= 11 is 0. The highest BCUT2D eigenvalue weighted by molar-refractivity contribution is 7.89.